The zero-order valence-corrected chi connectivity index (χ0v) is 6.28. The lowest BCUT2D eigenvalue weighted by atomic mass is 10.8. The van der Waals surface area contributed by atoms with E-state index < -0.39 is 8.25 Å². The zero-order chi connectivity index (χ0) is 8.41. The molecule has 0 radical (unpaired) electrons. The Hall–Kier alpha value is -1.04. The molecule has 1 atom stereocenters. The summed E-state index contributed by atoms with van der Waals surface area (Å²) in [5.41, 5.74) is 0. The molecule has 0 amide bonds. The van der Waals surface area contributed by atoms with Crippen LogP contribution in [0.2, 0.25) is 0 Å². The van der Waals surface area contributed by atoms with Crippen molar-refractivity contribution in [1.82, 2.24) is 0 Å². The van der Waals surface area contributed by atoms with E-state index in [-0.39, 0.29) is 0 Å². The maximum absolute atomic E-state index is 9.49. The van der Waals surface area contributed by atoms with Gasteiger partial charge in [-0.3, -0.25) is 0 Å². The van der Waals surface area contributed by atoms with Gasteiger partial charge in [-0.1, -0.05) is 13.2 Å². The van der Waals surface area contributed by atoms with E-state index in [4.69, 9.17) is 10.2 Å². The summed E-state index contributed by atoms with van der Waals surface area (Å²) in [6.07, 6.45) is 2.11. The van der Waals surface area contributed by atoms with Crippen molar-refractivity contribution in [3.63, 3.8) is 0 Å². The normalized spacial score (nSPS) is 9.20. The van der Waals surface area contributed by atoms with Gasteiger partial charge >= 0.3 is 8.25 Å². The van der Waals surface area contributed by atoms with Crippen molar-refractivity contribution < 1.29 is 14.0 Å². The van der Waals surface area contributed by atoms with Gasteiger partial charge < -0.3 is 9.42 Å². The maximum Gasteiger partial charge on any atom is 0.364 e. The van der Waals surface area contributed by atoms with Gasteiger partial charge in [0.1, 0.15) is 0 Å². The van der Waals surface area contributed by atoms with Gasteiger partial charge in [-0.25, -0.2) is 4.57 Å². The molecule has 0 aromatic carbocycles. The Morgan fingerprint density at radius 3 is 2.10 bits per heavy atom. The van der Waals surface area contributed by atoms with Crippen molar-refractivity contribution in [2.75, 3.05) is 0 Å². The minimum absolute atomic E-state index is 0.932. The third-order valence-corrected chi connectivity index (χ3v) is 0.644. The molecule has 0 bridgehead atoms. The third kappa shape index (κ3) is 28.2. The second-order valence-corrected chi connectivity index (χ2v) is 1.65. The number of allylic oxidation sites excluding steroid dienone is 1. The van der Waals surface area contributed by atoms with Crippen molar-refractivity contribution in [3.05, 3.63) is 25.5 Å². The number of rotatable bonds is 2. The van der Waals surface area contributed by atoms with Crippen molar-refractivity contribution in [2.24, 2.45) is 0 Å². The Labute approximate surface area is 60.0 Å². The van der Waals surface area contributed by atoms with Crippen molar-refractivity contribution in [3.8, 4) is 6.07 Å². The van der Waals surface area contributed by atoms with E-state index in [0.717, 1.165) is 6.26 Å². The smallest absolute Gasteiger partial charge is 0.364 e. The van der Waals surface area contributed by atoms with Crippen LogP contribution in [0, 0.1) is 11.3 Å². The first kappa shape index (κ1) is 11.7. The molecule has 0 aliphatic heterocycles. The quantitative estimate of drug-likeness (QED) is 0.375. The molecule has 0 spiro atoms. The van der Waals surface area contributed by atoms with Crippen molar-refractivity contribution in [1.29, 1.82) is 5.26 Å². The van der Waals surface area contributed by atoms with E-state index in [9.17, 15) is 4.57 Å². The second-order valence-electron chi connectivity index (χ2n) is 0.884. The van der Waals surface area contributed by atoms with Gasteiger partial charge in [0.25, 0.3) is 0 Å². The van der Waals surface area contributed by atoms with Crippen molar-refractivity contribution >= 4 is 8.25 Å². The molecule has 0 rings (SSSR count). The summed E-state index contributed by atoms with van der Waals surface area (Å²) in [7, 11) is -2.75. The zero-order valence-electron chi connectivity index (χ0n) is 5.28. The van der Waals surface area contributed by atoms with Gasteiger partial charge in [0.15, 0.2) is 0 Å². The van der Waals surface area contributed by atoms with Crippen LogP contribution in [0.3, 0.4) is 0 Å². The summed E-state index contributed by atoms with van der Waals surface area (Å²) in [4.78, 5) is 7.81. The molecular weight excluding hydrogens is 153 g/mol. The SMILES string of the molecule is C=CC#N.C=CO[PH](=O)O. The lowest BCUT2D eigenvalue weighted by Crippen LogP contribution is -1.55. The average molecular weight is 161 g/mol. The van der Waals surface area contributed by atoms with Crippen LogP contribution in [0.1, 0.15) is 0 Å². The molecule has 1 unspecified atom stereocenters. The molecule has 0 aliphatic rings. The lowest BCUT2D eigenvalue weighted by Gasteiger charge is -1.84. The van der Waals surface area contributed by atoms with Crippen LogP contribution >= 0.6 is 8.25 Å². The Morgan fingerprint density at radius 1 is 1.70 bits per heavy atom. The first-order valence-electron chi connectivity index (χ1n) is 2.20. The Balaban J connectivity index is 0. The molecular formula is C5H8NO3P. The summed E-state index contributed by atoms with van der Waals surface area (Å²) in [6.45, 7) is 6.16. The van der Waals surface area contributed by atoms with Gasteiger partial charge in [-0.05, 0) is 0 Å². The number of hydrogen-bond acceptors (Lipinski definition) is 3. The lowest BCUT2D eigenvalue weighted by molar-refractivity contribution is 0.379. The Morgan fingerprint density at radius 2 is 2.10 bits per heavy atom. The number of nitrogens with zero attached hydrogens (tertiary/aromatic N) is 1. The molecule has 0 aromatic heterocycles. The van der Waals surface area contributed by atoms with Crippen LogP contribution in [0.15, 0.2) is 25.5 Å². The van der Waals surface area contributed by atoms with Crippen LogP contribution in [-0.2, 0) is 9.09 Å². The van der Waals surface area contributed by atoms with Crippen LogP contribution in [-0.4, -0.2) is 4.89 Å². The van der Waals surface area contributed by atoms with Crippen LogP contribution in [0.25, 0.3) is 0 Å². The molecule has 1 N–H and O–H groups in total. The summed E-state index contributed by atoms with van der Waals surface area (Å²) in [5.74, 6) is 0. The van der Waals surface area contributed by atoms with E-state index >= 15 is 0 Å². The van der Waals surface area contributed by atoms with E-state index in [1.807, 2.05) is 0 Å². The molecule has 0 fully saturated rings. The summed E-state index contributed by atoms with van der Waals surface area (Å²) < 4.78 is 13.4. The fourth-order valence-corrected chi connectivity index (χ4v) is 0.214. The molecule has 0 aromatic rings. The molecule has 0 saturated heterocycles. The molecule has 4 nitrogen and oxygen atoms in total. The molecule has 10 heavy (non-hydrogen) atoms. The highest BCUT2D eigenvalue weighted by molar-refractivity contribution is 7.32. The fourth-order valence-electron chi connectivity index (χ4n) is 0.0713. The van der Waals surface area contributed by atoms with Gasteiger partial charge in [0.05, 0.1) is 12.3 Å². The van der Waals surface area contributed by atoms with Gasteiger partial charge in [0, 0.05) is 6.08 Å². The first-order chi connectivity index (χ1) is 4.68. The van der Waals surface area contributed by atoms with E-state index in [1.54, 1.807) is 6.07 Å². The number of nitriles is 1. The van der Waals surface area contributed by atoms with Gasteiger partial charge in [-0.2, -0.15) is 5.26 Å². The van der Waals surface area contributed by atoms with Gasteiger partial charge in [-0.15, -0.1) is 0 Å². The molecule has 56 valence electrons. The first-order valence-corrected chi connectivity index (χ1v) is 3.46. The second kappa shape index (κ2) is 10.9. The average Bonchev–Trinajstić information content (AvgIpc) is 1.89. The van der Waals surface area contributed by atoms with Crippen LogP contribution in [0.5, 0.6) is 0 Å². The summed E-state index contributed by atoms with van der Waals surface area (Å²) >= 11 is 0. The van der Waals surface area contributed by atoms with E-state index in [2.05, 4.69) is 17.7 Å². The maximum atomic E-state index is 9.49. The molecule has 0 saturated carbocycles. The molecule has 5 heteroatoms. The monoisotopic (exact) mass is 161 g/mol. The van der Waals surface area contributed by atoms with Crippen molar-refractivity contribution in [2.45, 2.75) is 0 Å². The minimum Gasteiger partial charge on any atom is -0.435 e. The van der Waals surface area contributed by atoms with E-state index in [0.29, 0.717) is 0 Å². The minimum atomic E-state index is -2.75. The highest BCUT2D eigenvalue weighted by Gasteiger charge is 1.77. The van der Waals surface area contributed by atoms with Crippen LogP contribution < -0.4 is 0 Å². The predicted octanol–water partition coefficient (Wildman–Crippen LogP) is 1.22. The van der Waals surface area contributed by atoms with Crippen LogP contribution in [0.4, 0.5) is 0 Å². The Kier molecular flexibility index (Phi) is 12.7. The topological polar surface area (TPSA) is 70.3 Å². The summed E-state index contributed by atoms with van der Waals surface area (Å²) in [5, 5.41) is 7.51. The van der Waals surface area contributed by atoms with Gasteiger partial charge in [0.2, 0.25) is 0 Å². The summed E-state index contributed by atoms with van der Waals surface area (Å²) in [6, 6.07) is 1.69. The predicted molar refractivity (Wildman–Crippen MR) is 38.3 cm³/mol. The fraction of sp³-hybridized carbons (Fsp3) is 0. The van der Waals surface area contributed by atoms with E-state index in [1.165, 1.54) is 6.08 Å². The standard InChI is InChI=1S/C3H3N.C2H5O3P/c1-2-3-4;1-2-5-6(3)4/h2H,1H2;2,6H,1H2,(H,3,4). The third-order valence-electron chi connectivity index (χ3n) is 0.275. The highest BCUT2D eigenvalue weighted by atomic mass is 31.1. The number of hydrogen-bond donors (Lipinski definition) is 1. The highest BCUT2D eigenvalue weighted by Crippen LogP contribution is 2.12. The molecule has 0 aliphatic carbocycles. The largest absolute Gasteiger partial charge is 0.435 e. The Bertz CT molecular complexity index is 161. The molecule has 0 heterocycles.